The molecule has 2 rings (SSSR count). The first-order valence-electron chi connectivity index (χ1n) is 8.90. The van der Waals surface area contributed by atoms with Gasteiger partial charge in [0.1, 0.15) is 11.6 Å². The summed E-state index contributed by atoms with van der Waals surface area (Å²) in [6.07, 6.45) is 2.38. The molecule has 1 N–H and O–H groups in total. The van der Waals surface area contributed by atoms with Crippen LogP contribution in [-0.4, -0.2) is 30.2 Å². The Labute approximate surface area is 174 Å². The fraction of sp³-hybridized carbons (Fsp3) is 0.333. The van der Waals surface area contributed by atoms with Crippen LogP contribution < -0.4 is 5.32 Å². The predicted octanol–water partition coefficient (Wildman–Crippen LogP) is 4.15. The van der Waals surface area contributed by atoms with Crippen molar-refractivity contribution in [2.75, 3.05) is 19.8 Å². The van der Waals surface area contributed by atoms with E-state index in [9.17, 15) is 10.1 Å². The van der Waals surface area contributed by atoms with Crippen molar-refractivity contribution < 1.29 is 9.53 Å². The van der Waals surface area contributed by atoms with E-state index in [0.717, 1.165) is 29.1 Å². The van der Waals surface area contributed by atoms with Crippen LogP contribution in [0.2, 0.25) is 0 Å². The Morgan fingerprint density at radius 3 is 2.67 bits per heavy atom. The van der Waals surface area contributed by atoms with Crippen LogP contribution in [0.25, 0.3) is 11.8 Å². The van der Waals surface area contributed by atoms with E-state index in [4.69, 9.17) is 4.74 Å². The van der Waals surface area contributed by atoms with Crippen molar-refractivity contribution in [2.24, 2.45) is 0 Å². The molecule has 0 radical (unpaired) electrons. The average Bonchev–Trinajstić information content (AvgIpc) is 2.93. The molecule has 0 aliphatic heterocycles. The Morgan fingerprint density at radius 1 is 1.33 bits per heavy atom. The van der Waals surface area contributed by atoms with Gasteiger partial charge in [-0.25, -0.2) is 0 Å². The van der Waals surface area contributed by atoms with E-state index in [-0.39, 0.29) is 11.5 Å². The summed E-state index contributed by atoms with van der Waals surface area (Å²) in [6.45, 7) is 7.68. The fourth-order valence-corrected chi connectivity index (χ4v) is 3.20. The van der Waals surface area contributed by atoms with Crippen molar-refractivity contribution in [3.8, 4) is 11.8 Å². The maximum atomic E-state index is 12.3. The van der Waals surface area contributed by atoms with Crippen LogP contribution in [0.3, 0.4) is 0 Å². The topological polar surface area (TPSA) is 67.0 Å². The Morgan fingerprint density at radius 2 is 2.04 bits per heavy atom. The number of benzene rings is 1. The number of carbonyl (C=O) groups is 1. The Kier molecular flexibility index (Phi) is 8.07. The van der Waals surface area contributed by atoms with Gasteiger partial charge in [-0.2, -0.15) is 5.26 Å². The van der Waals surface area contributed by atoms with Crippen molar-refractivity contribution in [1.82, 2.24) is 9.88 Å². The standard InChI is InChI=1S/C21H24IN3O2/c1-4-27-11-5-10-24-21(26)18(14-23)13-17-12-15(2)25(16(17)3)20-8-6-19(22)7-9-20/h6-9,12-13H,4-5,10-11H2,1-3H3,(H,24,26). The lowest BCUT2D eigenvalue weighted by Crippen LogP contribution is -2.26. The second-order valence-electron chi connectivity index (χ2n) is 6.11. The van der Waals surface area contributed by atoms with Gasteiger partial charge in [-0.3, -0.25) is 4.79 Å². The second-order valence-corrected chi connectivity index (χ2v) is 7.36. The predicted molar refractivity (Wildman–Crippen MR) is 116 cm³/mol. The van der Waals surface area contributed by atoms with Crippen molar-refractivity contribution >= 4 is 34.6 Å². The minimum Gasteiger partial charge on any atom is -0.382 e. The number of hydrogen-bond donors (Lipinski definition) is 1. The first-order valence-corrected chi connectivity index (χ1v) is 9.98. The Hall–Kier alpha value is -2.11. The smallest absolute Gasteiger partial charge is 0.261 e. The van der Waals surface area contributed by atoms with Gasteiger partial charge in [-0.15, -0.1) is 0 Å². The summed E-state index contributed by atoms with van der Waals surface area (Å²) in [5, 5.41) is 12.2. The highest BCUT2D eigenvalue weighted by molar-refractivity contribution is 14.1. The number of amides is 1. The molecule has 0 aliphatic rings. The Balaban J connectivity index is 2.19. The van der Waals surface area contributed by atoms with Crippen LogP contribution in [0.15, 0.2) is 35.9 Å². The lowest BCUT2D eigenvalue weighted by molar-refractivity contribution is -0.117. The molecule has 5 nitrogen and oxygen atoms in total. The fourth-order valence-electron chi connectivity index (χ4n) is 2.84. The number of carbonyl (C=O) groups excluding carboxylic acids is 1. The number of hydrogen-bond acceptors (Lipinski definition) is 3. The number of aromatic nitrogens is 1. The van der Waals surface area contributed by atoms with Gasteiger partial charge in [-0.05, 0) is 91.8 Å². The first kappa shape index (κ1) is 21.2. The normalized spacial score (nSPS) is 11.3. The van der Waals surface area contributed by atoms with E-state index in [1.165, 1.54) is 3.57 Å². The van der Waals surface area contributed by atoms with E-state index in [1.54, 1.807) is 6.08 Å². The molecule has 6 heteroatoms. The molecule has 0 unspecified atom stereocenters. The van der Waals surface area contributed by atoms with E-state index < -0.39 is 0 Å². The van der Waals surface area contributed by atoms with Gasteiger partial charge >= 0.3 is 0 Å². The minimum absolute atomic E-state index is 0.106. The molecule has 2 aromatic rings. The van der Waals surface area contributed by atoms with Gasteiger partial charge in [-0.1, -0.05) is 0 Å². The van der Waals surface area contributed by atoms with Crippen LogP contribution in [-0.2, 0) is 9.53 Å². The molecule has 0 fully saturated rings. The number of halogens is 1. The molecule has 0 saturated heterocycles. The third kappa shape index (κ3) is 5.68. The number of nitrogens with zero attached hydrogens (tertiary/aromatic N) is 2. The molecule has 142 valence electrons. The number of nitriles is 1. The molecule has 27 heavy (non-hydrogen) atoms. The van der Waals surface area contributed by atoms with E-state index in [2.05, 4.69) is 56.7 Å². The number of aryl methyl sites for hydroxylation is 1. The van der Waals surface area contributed by atoms with Crippen LogP contribution in [0.4, 0.5) is 0 Å². The molecule has 0 bridgehead atoms. The van der Waals surface area contributed by atoms with Gasteiger partial charge in [0.25, 0.3) is 5.91 Å². The molecule has 1 aromatic heterocycles. The zero-order chi connectivity index (χ0) is 19.8. The van der Waals surface area contributed by atoms with Gasteiger partial charge in [0.15, 0.2) is 0 Å². The van der Waals surface area contributed by atoms with Gasteiger partial charge in [0.2, 0.25) is 0 Å². The number of rotatable bonds is 8. The van der Waals surface area contributed by atoms with Crippen LogP contribution in [0.1, 0.15) is 30.3 Å². The van der Waals surface area contributed by atoms with E-state index >= 15 is 0 Å². The molecule has 0 aliphatic carbocycles. The lowest BCUT2D eigenvalue weighted by atomic mass is 10.1. The minimum atomic E-state index is -0.354. The summed E-state index contributed by atoms with van der Waals surface area (Å²) in [5.41, 5.74) is 4.07. The summed E-state index contributed by atoms with van der Waals surface area (Å²) < 4.78 is 8.54. The quantitative estimate of drug-likeness (QED) is 0.269. The van der Waals surface area contributed by atoms with E-state index in [0.29, 0.717) is 19.8 Å². The third-order valence-electron chi connectivity index (χ3n) is 4.18. The summed E-state index contributed by atoms with van der Waals surface area (Å²) in [6, 6.07) is 12.2. The maximum Gasteiger partial charge on any atom is 0.261 e. The third-order valence-corrected chi connectivity index (χ3v) is 4.89. The molecule has 0 saturated carbocycles. The molecular formula is C21H24IN3O2. The van der Waals surface area contributed by atoms with E-state index in [1.807, 2.05) is 32.9 Å². The van der Waals surface area contributed by atoms with Crippen molar-refractivity contribution in [2.45, 2.75) is 27.2 Å². The molecule has 0 atom stereocenters. The molecule has 1 amide bonds. The monoisotopic (exact) mass is 477 g/mol. The maximum absolute atomic E-state index is 12.3. The lowest BCUT2D eigenvalue weighted by Gasteiger charge is -2.09. The molecule has 1 heterocycles. The summed E-state index contributed by atoms with van der Waals surface area (Å²) in [7, 11) is 0. The van der Waals surface area contributed by atoms with Crippen molar-refractivity contribution in [3.63, 3.8) is 0 Å². The molecule has 0 spiro atoms. The highest BCUT2D eigenvalue weighted by atomic mass is 127. The average molecular weight is 477 g/mol. The summed E-state index contributed by atoms with van der Waals surface area (Å²) in [4.78, 5) is 12.3. The zero-order valence-corrected chi connectivity index (χ0v) is 18.0. The largest absolute Gasteiger partial charge is 0.382 e. The summed E-state index contributed by atoms with van der Waals surface area (Å²) >= 11 is 2.28. The first-order chi connectivity index (χ1) is 13.0. The number of nitrogens with one attached hydrogen (secondary N) is 1. The van der Waals surface area contributed by atoms with Gasteiger partial charge < -0.3 is 14.6 Å². The second kappa shape index (κ2) is 10.3. The SMILES string of the molecule is CCOCCCNC(=O)C(C#N)=Cc1cc(C)n(-c2ccc(I)cc2)c1C. The summed E-state index contributed by atoms with van der Waals surface area (Å²) in [5.74, 6) is -0.354. The number of ether oxygens (including phenoxy) is 1. The molecular weight excluding hydrogens is 453 g/mol. The van der Waals surface area contributed by atoms with Crippen LogP contribution >= 0.6 is 22.6 Å². The highest BCUT2D eigenvalue weighted by Gasteiger charge is 2.13. The highest BCUT2D eigenvalue weighted by Crippen LogP contribution is 2.23. The Bertz CT molecular complexity index is 861. The van der Waals surface area contributed by atoms with Gasteiger partial charge in [0, 0.05) is 40.4 Å². The van der Waals surface area contributed by atoms with Crippen LogP contribution in [0, 0.1) is 28.7 Å². The van der Waals surface area contributed by atoms with Crippen molar-refractivity contribution in [3.05, 3.63) is 56.4 Å². The van der Waals surface area contributed by atoms with Gasteiger partial charge in [0.05, 0.1) is 0 Å². The molecule has 1 aromatic carbocycles. The van der Waals surface area contributed by atoms with Crippen molar-refractivity contribution in [1.29, 1.82) is 5.26 Å². The zero-order valence-electron chi connectivity index (χ0n) is 15.9. The van der Waals surface area contributed by atoms with Crippen LogP contribution in [0.5, 0.6) is 0 Å².